The van der Waals surface area contributed by atoms with E-state index in [1.807, 2.05) is 0 Å². The van der Waals surface area contributed by atoms with Crippen molar-refractivity contribution in [1.82, 2.24) is 9.55 Å². The molecule has 0 aliphatic heterocycles. The molecule has 4 saturated carbocycles. The summed E-state index contributed by atoms with van der Waals surface area (Å²) < 4.78 is 1.74. The number of rotatable bonds is 3. The number of nitrogens with zero attached hydrogens (tertiary/aromatic N) is 3. The van der Waals surface area contributed by atoms with Crippen molar-refractivity contribution in [3.05, 3.63) is 18.2 Å². The maximum atomic E-state index is 13.4. The normalized spacial score (nSPS) is 45.1. The van der Waals surface area contributed by atoms with E-state index in [0.717, 1.165) is 30.1 Å². The van der Waals surface area contributed by atoms with Gasteiger partial charge in [-0.05, 0) is 91.8 Å². The van der Waals surface area contributed by atoms with E-state index in [9.17, 15) is 10.1 Å². The summed E-state index contributed by atoms with van der Waals surface area (Å²) in [4.78, 5) is 17.4. The quantitative estimate of drug-likeness (QED) is 0.653. The van der Waals surface area contributed by atoms with Crippen LogP contribution in [-0.2, 0) is 11.3 Å². The lowest BCUT2D eigenvalue weighted by Crippen LogP contribution is -2.53. The topological polar surface area (TPSA) is 58.7 Å². The molecule has 0 aromatic carbocycles. The minimum absolute atomic E-state index is 0.148. The second kappa shape index (κ2) is 7.21. The SMILES string of the molecule is CC1CCC2(C)C(CCC3C2CCC2(C)C3CC[C@@H]2C(=O)Cn2ccnc2C#N)C1. The molecule has 8 atom stereocenters. The van der Waals surface area contributed by atoms with Crippen molar-refractivity contribution in [3.8, 4) is 6.07 Å². The molecule has 1 aromatic heterocycles. The van der Waals surface area contributed by atoms with Crippen LogP contribution in [0.15, 0.2) is 12.4 Å². The number of imidazole rings is 1. The summed E-state index contributed by atoms with van der Waals surface area (Å²) in [6, 6.07) is 2.11. The first-order chi connectivity index (χ1) is 14.4. The van der Waals surface area contributed by atoms with Crippen molar-refractivity contribution in [2.75, 3.05) is 0 Å². The van der Waals surface area contributed by atoms with Crippen molar-refractivity contribution < 1.29 is 4.79 Å². The van der Waals surface area contributed by atoms with Crippen molar-refractivity contribution in [1.29, 1.82) is 5.26 Å². The second-order valence-corrected chi connectivity index (χ2v) is 11.7. The number of hydrogen-bond donors (Lipinski definition) is 0. The first-order valence-corrected chi connectivity index (χ1v) is 12.3. The van der Waals surface area contributed by atoms with E-state index < -0.39 is 0 Å². The van der Waals surface area contributed by atoms with E-state index >= 15 is 0 Å². The number of ketones is 1. The molecule has 4 fully saturated rings. The zero-order chi connectivity index (χ0) is 21.1. The smallest absolute Gasteiger partial charge is 0.213 e. The van der Waals surface area contributed by atoms with Crippen LogP contribution >= 0.6 is 0 Å². The summed E-state index contributed by atoms with van der Waals surface area (Å²) in [5.74, 6) is 5.05. The Labute approximate surface area is 181 Å². The minimum Gasteiger partial charge on any atom is -0.315 e. The molecule has 4 nitrogen and oxygen atoms in total. The number of nitriles is 1. The van der Waals surface area contributed by atoms with Gasteiger partial charge in [0, 0.05) is 18.3 Å². The fourth-order valence-corrected chi connectivity index (χ4v) is 8.83. The molecule has 0 bridgehead atoms. The lowest BCUT2D eigenvalue weighted by Gasteiger charge is -2.61. The van der Waals surface area contributed by atoms with Gasteiger partial charge in [0.15, 0.2) is 5.78 Å². The van der Waals surface area contributed by atoms with Crippen LogP contribution in [0.1, 0.15) is 84.4 Å². The molecule has 4 heteroatoms. The van der Waals surface area contributed by atoms with Gasteiger partial charge < -0.3 is 4.57 Å². The molecule has 5 rings (SSSR count). The fourth-order valence-electron chi connectivity index (χ4n) is 8.83. The van der Waals surface area contributed by atoms with Crippen molar-refractivity contribution in [2.45, 2.75) is 85.1 Å². The van der Waals surface area contributed by atoms with Gasteiger partial charge in [-0.15, -0.1) is 0 Å². The summed E-state index contributed by atoms with van der Waals surface area (Å²) in [5.41, 5.74) is 0.689. The number of carbonyl (C=O) groups is 1. The van der Waals surface area contributed by atoms with E-state index in [1.54, 1.807) is 17.0 Å². The Morgan fingerprint density at radius 3 is 2.70 bits per heavy atom. The monoisotopic (exact) mass is 407 g/mol. The third-order valence-electron chi connectivity index (χ3n) is 10.5. The number of aromatic nitrogens is 2. The van der Waals surface area contributed by atoms with Gasteiger partial charge in [0.2, 0.25) is 5.82 Å². The summed E-state index contributed by atoms with van der Waals surface area (Å²) in [7, 11) is 0. The van der Waals surface area contributed by atoms with Crippen LogP contribution in [0.2, 0.25) is 0 Å². The van der Waals surface area contributed by atoms with Crippen LogP contribution in [0.4, 0.5) is 0 Å². The van der Waals surface area contributed by atoms with Gasteiger partial charge in [0.1, 0.15) is 6.07 Å². The molecule has 7 unspecified atom stereocenters. The molecule has 0 saturated heterocycles. The Morgan fingerprint density at radius 2 is 1.90 bits per heavy atom. The molecule has 4 aliphatic rings. The van der Waals surface area contributed by atoms with Gasteiger partial charge in [-0.1, -0.05) is 27.2 Å². The summed E-state index contributed by atoms with van der Waals surface area (Å²) in [6.07, 6.45) is 15.3. The van der Waals surface area contributed by atoms with Crippen LogP contribution in [0.25, 0.3) is 0 Å². The van der Waals surface area contributed by atoms with E-state index in [-0.39, 0.29) is 11.3 Å². The van der Waals surface area contributed by atoms with E-state index in [1.165, 1.54) is 51.4 Å². The van der Waals surface area contributed by atoms with Crippen LogP contribution in [0, 0.1) is 57.7 Å². The average molecular weight is 408 g/mol. The van der Waals surface area contributed by atoms with E-state index in [4.69, 9.17) is 0 Å². The molecule has 0 radical (unpaired) electrons. The lowest BCUT2D eigenvalue weighted by molar-refractivity contribution is -0.137. The molecule has 30 heavy (non-hydrogen) atoms. The van der Waals surface area contributed by atoms with Crippen molar-refractivity contribution in [3.63, 3.8) is 0 Å². The zero-order valence-electron chi connectivity index (χ0n) is 18.9. The number of carbonyl (C=O) groups excluding carboxylic acids is 1. The Hall–Kier alpha value is -1.63. The predicted molar refractivity (Wildman–Crippen MR) is 116 cm³/mol. The summed E-state index contributed by atoms with van der Waals surface area (Å²) in [6.45, 7) is 7.82. The van der Waals surface area contributed by atoms with Crippen LogP contribution in [0.5, 0.6) is 0 Å². The van der Waals surface area contributed by atoms with Crippen LogP contribution in [0.3, 0.4) is 0 Å². The second-order valence-electron chi connectivity index (χ2n) is 11.7. The highest BCUT2D eigenvalue weighted by molar-refractivity contribution is 5.82. The Balaban J connectivity index is 1.35. The standard InChI is InChI=1S/C26H37N3O/c1-17-8-10-25(2)18(14-17)4-5-19-20-6-7-22(26(20,3)11-9-21(19)25)23(30)16-29-13-12-28-24(29)15-27/h12-13,17-22H,4-11,14,16H2,1-3H3/t17?,18?,19?,20?,21?,22-,25?,26?/m1/s1. The third-order valence-corrected chi connectivity index (χ3v) is 10.5. The summed E-state index contributed by atoms with van der Waals surface area (Å²) >= 11 is 0. The Bertz CT molecular complexity index is 868. The maximum Gasteiger partial charge on any atom is 0.213 e. The van der Waals surface area contributed by atoms with Gasteiger partial charge in [-0.2, -0.15) is 5.26 Å². The van der Waals surface area contributed by atoms with Crippen LogP contribution < -0.4 is 0 Å². The molecule has 0 amide bonds. The number of fused-ring (bicyclic) bond motifs is 5. The highest BCUT2D eigenvalue weighted by Crippen LogP contribution is 2.67. The predicted octanol–water partition coefficient (Wildman–Crippen LogP) is 5.62. The number of hydrogen-bond acceptors (Lipinski definition) is 3. The molecular weight excluding hydrogens is 370 g/mol. The molecule has 0 spiro atoms. The van der Waals surface area contributed by atoms with E-state index in [0.29, 0.717) is 29.5 Å². The summed E-state index contributed by atoms with van der Waals surface area (Å²) in [5, 5.41) is 9.24. The van der Waals surface area contributed by atoms with E-state index in [2.05, 4.69) is 31.8 Å². The highest BCUT2D eigenvalue weighted by atomic mass is 16.1. The van der Waals surface area contributed by atoms with Gasteiger partial charge in [-0.25, -0.2) is 4.98 Å². The highest BCUT2D eigenvalue weighted by Gasteiger charge is 2.60. The van der Waals surface area contributed by atoms with Crippen LogP contribution in [-0.4, -0.2) is 15.3 Å². The zero-order valence-corrected chi connectivity index (χ0v) is 18.9. The Kier molecular flexibility index (Phi) is 4.88. The molecule has 1 aromatic rings. The first kappa shape index (κ1) is 20.3. The van der Waals surface area contributed by atoms with Gasteiger partial charge in [-0.3, -0.25) is 4.79 Å². The number of Topliss-reactive ketones (excluding diaryl/α,β-unsaturated/α-hetero) is 1. The lowest BCUT2D eigenvalue weighted by atomic mass is 9.44. The van der Waals surface area contributed by atoms with Gasteiger partial charge in [0.05, 0.1) is 6.54 Å². The fraction of sp³-hybridized carbons (Fsp3) is 0.808. The largest absolute Gasteiger partial charge is 0.315 e. The molecule has 0 N–H and O–H groups in total. The Morgan fingerprint density at radius 1 is 1.13 bits per heavy atom. The van der Waals surface area contributed by atoms with Gasteiger partial charge >= 0.3 is 0 Å². The first-order valence-electron chi connectivity index (χ1n) is 12.3. The molecule has 4 aliphatic carbocycles. The maximum absolute atomic E-state index is 13.4. The molecule has 1 heterocycles. The minimum atomic E-state index is 0.148. The van der Waals surface area contributed by atoms with Crippen molar-refractivity contribution in [2.24, 2.45) is 46.3 Å². The van der Waals surface area contributed by atoms with Crippen molar-refractivity contribution >= 4 is 5.78 Å². The molecule has 162 valence electrons. The average Bonchev–Trinajstić information content (AvgIpc) is 3.31. The van der Waals surface area contributed by atoms with Gasteiger partial charge in [0.25, 0.3) is 0 Å². The molecular formula is C26H37N3O. The third kappa shape index (κ3) is 2.91.